The van der Waals surface area contributed by atoms with E-state index < -0.39 is 57.9 Å². The van der Waals surface area contributed by atoms with Gasteiger partial charge in [0.2, 0.25) is 17.1 Å². The highest BCUT2D eigenvalue weighted by Crippen LogP contribution is 2.44. The van der Waals surface area contributed by atoms with E-state index in [2.05, 4.69) is 45.8 Å². The molecule has 1 aromatic carbocycles. The number of benzene rings is 1. The van der Waals surface area contributed by atoms with E-state index in [1.807, 2.05) is 0 Å². The van der Waals surface area contributed by atoms with Gasteiger partial charge in [0.05, 0.1) is 36.9 Å². The summed E-state index contributed by atoms with van der Waals surface area (Å²) < 4.78 is 4.62. The maximum absolute atomic E-state index is 13.8. The van der Waals surface area contributed by atoms with Crippen LogP contribution in [-0.2, 0) is 19.2 Å². The lowest BCUT2D eigenvalue weighted by molar-refractivity contribution is -0.911. The summed E-state index contributed by atoms with van der Waals surface area (Å²) in [6, 6.07) is 1.41. The van der Waals surface area contributed by atoms with Crippen molar-refractivity contribution in [1.82, 2.24) is 45.5 Å². The van der Waals surface area contributed by atoms with Crippen molar-refractivity contribution in [2.24, 2.45) is 5.16 Å². The monoisotopic (exact) mass is 777 g/mol. The topological polar surface area (TPSA) is 284 Å². The number of rotatable bonds is 13. The molecule has 52 heavy (non-hydrogen) atoms. The number of tetrazole rings is 1. The number of nitrogens with zero attached hydrogens (tertiary/aromatic N) is 8. The second-order valence-corrected chi connectivity index (χ2v) is 15.1. The van der Waals surface area contributed by atoms with Crippen LogP contribution in [0.1, 0.15) is 48.7 Å². The van der Waals surface area contributed by atoms with Gasteiger partial charge in [0, 0.05) is 41.3 Å². The molecule has 3 aliphatic heterocycles. The molecular weight excluding hydrogens is 744 g/mol. The number of nitrogen functional groups attached to an aromatic ring is 1. The van der Waals surface area contributed by atoms with Gasteiger partial charge in [0.1, 0.15) is 18.0 Å². The van der Waals surface area contributed by atoms with Gasteiger partial charge in [-0.2, -0.15) is 9.36 Å². The molecule has 0 radical (unpaired) electrons. The number of quaternary nitrogens is 1. The Labute approximate surface area is 308 Å². The first-order chi connectivity index (χ1) is 24.7. The number of likely N-dealkylation sites (tertiary alicyclic amines) is 1. The van der Waals surface area contributed by atoms with Crippen molar-refractivity contribution < 1.29 is 43.8 Å². The van der Waals surface area contributed by atoms with Gasteiger partial charge in [-0.3, -0.25) is 19.3 Å². The first kappa shape index (κ1) is 36.7. The molecule has 0 unspecified atom stereocenters. The molecule has 8 N–H and O–H groups in total. The highest BCUT2D eigenvalue weighted by Gasteiger charge is 2.55. The standard InChI is InChI=1S/C29H33ClN12O8S2/c1-29(2,27(48)49)50-37-17(21-34-28(31)52-38-21)24(46)33-18-25(47)41-19(22-35-39-40-36-22)14(12-51-26(18)41)11-42(6-3-4-7-42)8-5-32-23(45)13-9-15(30)20(44)16(43)10-13/h9-10,18,26H,3-8,11-12H2,1-2H3,(H7-,31,32,33,34,35,36,37,38,39,40,43,44,45,46,48,49)/p+1/t18-,26-/m1/s1. The number of halogens is 1. The lowest BCUT2D eigenvalue weighted by Crippen LogP contribution is -2.70. The van der Waals surface area contributed by atoms with E-state index in [1.54, 1.807) is 0 Å². The molecule has 0 spiro atoms. The number of aromatic amines is 1. The van der Waals surface area contributed by atoms with Crippen molar-refractivity contribution in [3.63, 3.8) is 0 Å². The van der Waals surface area contributed by atoms with Gasteiger partial charge >= 0.3 is 5.97 Å². The molecule has 2 fully saturated rings. The molecule has 2 saturated heterocycles. The number of carboxylic acid groups (broad SMARTS) is 1. The quantitative estimate of drug-likeness (QED) is 0.0399. The minimum Gasteiger partial charge on any atom is -0.504 e. The molecule has 6 rings (SSSR count). The molecule has 3 aliphatic rings. The summed E-state index contributed by atoms with van der Waals surface area (Å²) in [6.07, 6.45) is 1.93. The van der Waals surface area contributed by atoms with Gasteiger partial charge in [-0.1, -0.05) is 16.8 Å². The number of thioether (sulfide) groups is 1. The normalized spacial score (nSPS) is 19.9. The van der Waals surface area contributed by atoms with Crippen molar-refractivity contribution in [2.75, 3.05) is 44.2 Å². The smallest absolute Gasteiger partial charge is 0.350 e. The third kappa shape index (κ3) is 7.31. The van der Waals surface area contributed by atoms with Gasteiger partial charge in [-0.05, 0) is 36.4 Å². The molecule has 20 nitrogen and oxygen atoms in total. The number of β-lactam (4-membered cyclic amide) rings is 1. The number of carbonyl (C=O) groups excluding carboxylic acids is 3. The van der Waals surface area contributed by atoms with E-state index in [1.165, 1.54) is 36.6 Å². The first-order valence-electron chi connectivity index (χ1n) is 15.9. The van der Waals surface area contributed by atoms with E-state index in [-0.39, 0.29) is 27.4 Å². The van der Waals surface area contributed by atoms with Crippen LogP contribution in [0.4, 0.5) is 5.13 Å². The fourth-order valence-electron chi connectivity index (χ4n) is 6.11. The van der Waals surface area contributed by atoms with Crippen molar-refractivity contribution in [2.45, 2.75) is 43.7 Å². The Kier molecular flexibility index (Phi) is 10.3. The van der Waals surface area contributed by atoms with Crippen LogP contribution in [0.2, 0.25) is 5.02 Å². The third-order valence-corrected chi connectivity index (χ3v) is 11.0. The molecule has 0 bridgehead atoms. The van der Waals surface area contributed by atoms with Crippen molar-refractivity contribution in [3.05, 3.63) is 39.9 Å². The lowest BCUT2D eigenvalue weighted by atomic mass is 10.0. The maximum Gasteiger partial charge on any atom is 0.350 e. The number of oxime groups is 1. The highest BCUT2D eigenvalue weighted by molar-refractivity contribution is 8.00. The molecule has 0 aliphatic carbocycles. The van der Waals surface area contributed by atoms with Crippen LogP contribution in [0.3, 0.4) is 0 Å². The minimum absolute atomic E-state index is 0.0352. The number of aromatic hydroxyl groups is 2. The van der Waals surface area contributed by atoms with Crippen LogP contribution >= 0.6 is 34.9 Å². The molecule has 276 valence electrons. The number of carboxylic acids is 1. The number of anilines is 1. The van der Waals surface area contributed by atoms with E-state index in [4.69, 9.17) is 22.2 Å². The number of carbonyl (C=O) groups is 4. The lowest BCUT2D eigenvalue weighted by Gasteiger charge is -2.50. The summed E-state index contributed by atoms with van der Waals surface area (Å²) in [7, 11) is 0. The Morgan fingerprint density at radius 3 is 2.63 bits per heavy atom. The third-order valence-electron chi connectivity index (χ3n) is 8.87. The van der Waals surface area contributed by atoms with Crippen LogP contribution in [0.15, 0.2) is 22.9 Å². The van der Waals surface area contributed by atoms with Crippen LogP contribution in [0.5, 0.6) is 11.5 Å². The Morgan fingerprint density at radius 1 is 1.25 bits per heavy atom. The average molecular weight is 778 g/mol. The largest absolute Gasteiger partial charge is 0.504 e. The number of hydrogen-bond acceptors (Lipinski definition) is 16. The van der Waals surface area contributed by atoms with Crippen molar-refractivity contribution >= 4 is 75.1 Å². The summed E-state index contributed by atoms with van der Waals surface area (Å²) in [5.41, 5.74) is 4.97. The van der Waals surface area contributed by atoms with Gasteiger partial charge in [0.15, 0.2) is 22.5 Å². The van der Waals surface area contributed by atoms with Gasteiger partial charge in [0.25, 0.3) is 17.7 Å². The fraction of sp³-hybridized carbons (Fsp3) is 0.448. The van der Waals surface area contributed by atoms with Gasteiger partial charge in [-0.25, -0.2) is 9.89 Å². The zero-order chi connectivity index (χ0) is 37.4. The summed E-state index contributed by atoms with van der Waals surface area (Å²) in [5.74, 6) is -3.55. The minimum atomic E-state index is -1.79. The SMILES string of the molecule is CC(C)(O/N=C(\C(=O)N[C@@H]1C(=O)N2C(c3nnn[nH]3)=C(C[N+]3(CCNC(=O)c4cc(O)c(O)c(Cl)c4)CCCC3)CS[C@H]12)c1nsc(N)n1)C(=O)O. The summed E-state index contributed by atoms with van der Waals surface area (Å²) in [4.78, 5) is 62.4. The summed E-state index contributed by atoms with van der Waals surface area (Å²) in [5, 5.41) is 52.0. The zero-order valence-electron chi connectivity index (χ0n) is 27.7. The second kappa shape index (κ2) is 14.5. The molecule has 0 saturated carbocycles. The molecule has 2 atom stereocenters. The molecular formula is C29H34ClN12O8S2+. The van der Waals surface area contributed by atoms with Crippen LogP contribution in [0, 0.1) is 0 Å². The number of nitrogens with two attached hydrogens (primary N) is 1. The molecule has 5 heterocycles. The van der Waals surface area contributed by atoms with E-state index in [9.17, 15) is 34.5 Å². The van der Waals surface area contributed by atoms with Crippen molar-refractivity contribution in [3.8, 4) is 11.5 Å². The molecule has 2 aromatic heterocycles. The number of nitrogens with one attached hydrogen (secondary N) is 3. The maximum atomic E-state index is 13.8. The Bertz CT molecular complexity index is 1940. The number of phenols is 2. The van der Waals surface area contributed by atoms with E-state index in [0.29, 0.717) is 35.6 Å². The molecule has 3 aromatic rings. The predicted molar refractivity (Wildman–Crippen MR) is 186 cm³/mol. The number of phenolic OH excluding ortho intramolecular Hbond substituents is 2. The van der Waals surface area contributed by atoms with Crippen LogP contribution < -0.4 is 16.4 Å². The van der Waals surface area contributed by atoms with Crippen LogP contribution in [0.25, 0.3) is 5.70 Å². The number of aromatic nitrogens is 6. The number of amides is 3. The Hall–Kier alpha value is -5.06. The fourth-order valence-corrected chi connectivity index (χ4v) is 8.10. The molecule has 3 amide bonds. The number of fused-ring (bicyclic) bond motifs is 1. The van der Waals surface area contributed by atoms with Crippen molar-refractivity contribution in [1.29, 1.82) is 0 Å². The van der Waals surface area contributed by atoms with Gasteiger partial charge in [-0.15, -0.1) is 16.9 Å². The number of H-pyrrole nitrogens is 1. The van der Waals surface area contributed by atoms with E-state index >= 15 is 0 Å². The first-order valence-corrected chi connectivity index (χ1v) is 18.1. The average Bonchev–Trinajstić information content (AvgIpc) is 3.89. The summed E-state index contributed by atoms with van der Waals surface area (Å²) >= 11 is 8.17. The highest BCUT2D eigenvalue weighted by atomic mass is 35.5. The van der Waals surface area contributed by atoms with Gasteiger partial charge < -0.3 is 41.0 Å². The Balaban J connectivity index is 1.19. The number of hydrogen-bond donors (Lipinski definition) is 7. The van der Waals surface area contributed by atoms with E-state index in [0.717, 1.165) is 49.1 Å². The van der Waals surface area contributed by atoms with Crippen LogP contribution in [-0.4, -0.2) is 140 Å². The molecule has 23 heteroatoms. The Morgan fingerprint density at radius 2 is 2.00 bits per heavy atom. The number of aliphatic carboxylic acids is 1. The predicted octanol–water partition coefficient (Wildman–Crippen LogP) is 0.134. The zero-order valence-corrected chi connectivity index (χ0v) is 30.1. The second-order valence-electron chi connectivity index (χ2n) is 12.8. The summed E-state index contributed by atoms with van der Waals surface area (Å²) in [6.45, 7) is 5.54.